The van der Waals surface area contributed by atoms with E-state index in [-0.39, 0.29) is 12.2 Å². The summed E-state index contributed by atoms with van der Waals surface area (Å²) in [6.07, 6.45) is 0.242. The van der Waals surface area contributed by atoms with Crippen molar-refractivity contribution in [3.8, 4) is 0 Å². The first-order valence-corrected chi connectivity index (χ1v) is 6.22. The van der Waals surface area contributed by atoms with Gasteiger partial charge in [-0.25, -0.2) is 4.39 Å². The molecule has 1 atom stereocenters. The van der Waals surface area contributed by atoms with Crippen molar-refractivity contribution in [2.75, 3.05) is 0 Å². The lowest BCUT2D eigenvalue weighted by atomic mass is 10.1. The molecule has 5 heteroatoms. The normalized spacial score (nSPS) is 12.6. The molecule has 0 spiro atoms. The average Bonchev–Trinajstić information content (AvgIpc) is 2.80. The molecule has 0 amide bonds. The molecule has 17 heavy (non-hydrogen) atoms. The minimum Gasteiger partial charge on any atom is -0.387 e. The van der Waals surface area contributed by atoms with Crippen LogP contribution >= 0.6 is 11.5 Å². The number of aromatic nitrogens is 2. The van der Waals surface area contributed by atoms with Crippen molar-refractivity contribution in [1.82, 2.24) is 9.59 Å². The van der Waals surface area contributed by atoms with Crippen LogP contribution in [0.5, 0.6) is 0 Å². The van der Waals surface area contributed by atoms with Crippen molar-refractivity contribution in [2.24, 2.45) is 0 Å². The van der Waals surface area contributed by atoms with Crippen LogP contribution in [0.4, 0.5) is 4.39 Å². The second-order valence-corrected chi connectivity index (χ2v) is 4.53. The minimum absolute atomic E-state index is 0.254. The molecule has 2 aromatic rings. The molecule has 1 aromatic carbocycles. The topological polar surface area (TPSA) is 46.0 Å². The van der Waals surface area contributed by atoms with Crippen molar-refractivity contribution in [3.05, 3.63) is 46.2 Å². The summed E-state index contributed by atoms with van der Waals surface area (Å²) in [6.45, 7) is 1.95. The fourth-order valence-electron chi connectivity index (χ4n) is 1.68. The first-order valence-electron chi connectivity index (χ1n) is 5.45. The summed E-state index contributed by atoms with van der Waals surface area (Å²) in [5.41, 5.74) is 1.30. The van der Waals surface area contributed by atoms with Gasteiger partial charge in [-0.1, -0.05) is 29.6 Å². The Hall–Kier alpha value is -1.33. The fraction of sp³-hybridized carbons (Fsp3) is 0.333. The summed E-state index contributed by atoms with van der Waals surface area (Å²) < 4.78 is 17.3. The lowest BCUT2D eigenvalue weighted by Gasteiger charge is -2.09. The van der Waals surface area contributed by atoms with Crippen LogP contribution in [0, 0.1) is 5.82 Å². The Bertz CT molecular complexity index is 501. The lowest BCUT2D eigenvalue weighted by Crippen LogP contribution is -2.04. The number of rotatable bonds is 4. The van der Waals surface area contributed by atoms with Crippen LogP contribution < -0.4 is 0 Å². The molecule has 0 aliphatic heterocycles. The smallest absolute Gasteiger partial charge is 0.126 e. The molecule has 1 aromatic heterocycles. The van der Waals surface area contributed by atoms with Gasteiger partial charge in [-0.05, 0) is 29.6 Å². The lowest BCUT2D eigenvalue weighted by molar-refractivity contribution is 0.179. The van der Waals surface area contributed by atoms with Gasteiger partial charge in [-0.2, -0.15) is 0 Å². The highest BCUT2D eigenvalue weighted by molar-refractivity contribution is 7.05. The first kappa shape index (κ1) is 12.1. The maximum absolute atomic E-state index is 13.4. The third-order valence-electron chi connectivity index (χ3n) is 2.59. The average molecular weight is 252 g/mol. The zero-order chi connectivity index (χ0) is 12.3. The van der Waals surface area contributed by atoms with Crippen molar-refractivity contribution < 1.29 is 9.50 Å². The molecule has 0 radical (unpaired) electrons. The van der Waals surface area contributed by atoms with E-state index >= 15 is 0 Å². The van der Waals surface area contributed by atoms with E-state index in [1.807, 2.05) is 6.92 Å². The zero-order valence-electron chi connectivity index (χ0n) is 9.43. The molecule has 1 N–H and O–H groups in total. The maximum atomic E-state index is 13.4. The Morgan fingerprint density at radius 3 is 2.88 bits per heavy atom. The predicted octanol–water partition coefficient (Wildman–Crippen LogP) is 2.52. The SMILES string of the molecule is CCc1nnsc1C(O)Cc1ccccc1F. The summed E-state index contributed by atoms with van der Waals surface area (Å²) in [4.78, 5) is 0.732. The molecule has 0 aliphatic carbocycles. The summed E-state index contributed by atoms with van der Waals surface area (Å²) in [6, 6.07) is 6.47. The van der Waals surface area contributed by atoms with Gasteiger partial charge in [0.25, 0.3) is 0 Å². The quantitative estimate of drug-likeness (QED) is 0.909. The molecule has 0 fully saturated rings. The third kappa shape index (κ3) is 2.68. The van der Waals surface area contributed by atoms with Crippen molar-refractivity contribution in [3.63, 3.8) is 0 Å². The van der Waals surface area contributed by atoms with E-state index in [0.717, 1.165) is 17.0 Å². The number of hydrogen-bond donors (Lipinski definition) is 1. The van der Waals surface area contributed by atoms with E-state index in [2.05, 4.69) is 9.59 Å². The molecule has 3 nitrogen and oxygen atoms in total. The second kappa shape index (κ2) is 5.33. The van der Waals surface area contributed by atoms with Crippen LogP contribution in [0.1, 0.15) is 29.2 Å². The second-order valence-electron chi connectivity index (χ2n) is 3.75. The van der Waals surface area contributed by atoms with Gasteiger partial charge in [0, 0.05) is 6.42 Å². The number of hydrogen-bond acceptors (Lipinski definition) is 4. The number of aliphatic hydroxyl groups excluding tert-OH is 1. The monoisotopic (exact) mass is 252 g/mol. The number of aliphatic hydroxyl groups is 1. The van der Waals surface area contributed by atoms with Gasteiger partial charge in [0.15, 0.2) is 0 Å². The van der Waals surface area contributed by atoms with E-state index in [1.165, 1.54) is 17.6 Å². The summed E-state index contributed by atoms with van der Waals surface area (Å²) in [5, 5.41) is 14.0. The standard InChI is InChI=1S/C12H13FN2OS/c1-2-10-12(17-15-14-10)11(16)7-8-5-3-4-6-9(8)13/h3-6,11,16H,2,7H2,1H3. The van der Waals surface area contributed by atoms with Crippen LogP contribution in [0.3, 0.4) is 0 Å². The largest absolute Gasteiger partial charge is 0.387 e. The van der Waals surface area contributed by atoms with E-state index in [1.54, 1.807) is 18.2 Å². The van der Waals surface area contributed by atoms with Gasteiger partial charge in [0.2, 0.25) is 0 Å². The zero-order valence-corrected chi connectivity index (χ0v) is 10.2. The van der Waals surface area contributed by atoms with Gasteiger partial charge in [-0.15, -0.1) is 5.10 Å². The van der Waals surface area contributed by atoms with Crippen LogP contribution in [-0.2, 0) is 12.8 Å². The molecule has 0 saturated carbocycles. The summed E-state index contributed by atoms with van der Waals surface area (Å²) in [7, 11) is 0. The Morgan fingerprint density at radius 1 is 1.41 bits per heavy atom. The van der Waals surface area contributed by atoms with Gasteiger partial charge in [-0.3, -0.25) is 0 Å². The molecule has 1 heterocycles. The number of halogens is 1. The molecule has 2 rings (SSSR count). The van der Waals surface area contributed by atoms with E-state index < -0.39 is 6.10 Å². The highest BCUT2D eigenvalue weighted by Crippen LogP contribution is 2.25. The minimum atomic E-state index is -0.734. The van der Waals surface area contributed by atoms with Crippen molar-refractivity contribution in [2.45, 2.75) is 25.9 Å². The highest BCUT2D eigenvalue weighted by Gasteiger charge is 2.17. The van der Waals surface area contributed by atoms with Crippen LogP contribution in [-0.4, -0.2) is 14.7 Å². The number of aryl methyl sites for hydroxylation is 1. The van der Waals surface area contributed by atoms with Crippen molar-refractivity contribution >= 4 is 11.5 Å². The molecular formula is C12H13FN2OS. The predicted molar refractivity (Wildman–Crippen MR) is 64.4 cm³/mol. The van der Waals surface area contributed by atoms with E-state index in [0.29, 0.717) is 5.56 Å². The third-order valence-corrected chi connectivity index (χ3v) is 3.46. The highest BCUT2D eigenvalue weighted by atomic mass is 32.1. The molecular weight excluding hydrogens is 239 g/mol. The Kier molecular flexibility index (Phi) is 3.81. The Balaban J connectivity index is 2.17. The van der Waals surface area contributed by atoms with Crippen LogP contribution in [0.25, 0.3) is 0 Å². The number of nitrogens with zero attached hydrogens (tertiary/aromatic N) is 2. The Labute approximate surface area is 103 Å². The van der Waals surface area contributed by atoms with Gasteiger partial charge >= 0.3 is 0 Å². The van der Waals surface area contributed by atoms with E-state index in [4.69, 9.17) is 0 Å². The van der Waals surface area contributed by atoms with Gasteiger partial charge in [0.1, 0.15) is 5.82 Å². The van der Waals surface area contributed by atoms with Crippen molar-refractivity contribution in [1.29, 1.82) is 0 Å². The maximum Gasteiger partial charge on any atom is 0.126 e. The number of benzene rings is 1. The van der Waals surface area contributed by atoms with Crippen LogP contribution in [0.2, 0.25) is 0 Å². The first-order chi connectivity index (χ1) is 8.22. The van der Waals surface area contributed by atoms with Gasteiger partial charge < -0.3 is 5.11 Å². The summed E-state index contributed by atoms with van der Waals surface area (Å²) >= 11 is 1.17. The molecule has 0 bridgehead atoms. The Morgan fingerprint density at radius 2 is 2.18 bits per heavy atom. The summed E-state index contributed by atoms with van der Waals surface area (Å²) in [5.74, 6) is -0.290. The van der Waals surface area contributed by atoms with E-state index in [9.17, 15) is 9.50 Å². The van der Waals surface area contributed by atoms with Gasteiger partial charge in [0.05, 0.1) is 16.7 Å². The molecule has 0 saturated heterocycles. The fourth-order valence-corrected chi connectivity index (χ4v) is 2.40. The molecule has 90 valence electrons. The molecule has 1 unspecified atom stereocenters. The van der Waals surface area contributed by atoms with Crippen LogP contribution in [0.15, 0.2) is 24.3 Å². The molecule has 0 aliphatic rings.